The maximum atomic E-state index is 13.2. The molecule has 5 nitrogen and oxygen atoms in total. The largest absolute Gasteiger partial charge is 0.465 e. The molecule has 5 heteroatoms. The molecule has 1 atom stereocenters. The molecule has 2 aromatic carbocycles. The number of anilines is 1. The van der Waals surface area contributed by atoms with Gasteiger partial charge >= 0.3 is 5.97 Å². The van der Waals surface area contributed by atoms with Crippen LogP contribution >= 0.6 is 0 Å². The number of methoxy groups -OCH3 is 1. The van der Waals surface area contributed by atoms with Gasteiger partial charge in [-0.1, -0.05) is 68.7 Å². The summed E-state index contributed by atoms with van der Waals surface area (Å²) in [6, 6.07) is 19.1. The minimum atomic E-state index is -0.437. The summed E-state index contributed by atoms with van der Waals surface area (Å²) in [4.78, 5) is 29.7. The highest BCUT2D eigenvalue weighted by molar-refractivity contribution is 5.99. The van der Waals surface area contributed by atoms with Crippen molar-refractivity contribution in [3.63, 3.8) is 0 Å². The molecule has 0 radical (unpaired) electrons. The van der Waals surface area contributed by atoms with Crippen molar-refractivity contribution < 1.29 is 14.3 Å². The maximum Gasteiger partial charge on any atom is 0.337 e. The van der Waals surface area contributed by atoms with Crippen LogP contribution in [0.5, 0.6) is 0 Å². The number of nitrogens with zero attached hydrogens (tertiary/aromatic N) is 1. The van der Waals surface area contributed by atoms with E-state index in [0.717, 1.165) is 48.1 Å². The Balaban J connectivity index is 1.85. The standard InChI is InChI=1S/C28H32N2O3/c1-4-5-7-12-22(24-14-13-20(2)29-19-24)18-27(31)30-26-17-23(28(32)33-3)15-16-25(26)21-10-8-6-9-11-21/h6,8-11,13-17,19,22H,4-5,7,12,18H2,1-3H3,(H,30,31). The molecule has 0 aliphatic rings. The molecule has 1 aromatic heterocycles. The third kappa shape index (κ3) is 6.75. The van der Waals surface area contributed by atoms with Crippen molar-refractivity contribution in [2.24, 2.45) is 0 Å². The molecule has 0 bridgehead atoms. The van der Waals surface area contributed by atoms with Gasteiger partial charge in [0.15, 0.2) is 0 Å². The second-order valence-corrected chi connectivity index (χ2v) is 8.30. The van der Waals surface area contributed by atoms with Crippen LogP contribution in [0.4, 0.5) is 5.69 Å². The Morgan fingerprint density at radius 1 is 1.03 bits per heavy atom. The molecule has 0 saturated heterocycles. The fraction of sp³-hybridized carbons (Fsp3) is 0.321. The van der Waals surface area contributed by atoms with Gasteiger partial charge in [-0.05, 0) is 48.6 Å². The van der Waals surface area contributed by atoms with Crippen LogP contribution in [0.15, 0.2) is 66.9 Å². The van der Waals surface area contributed by atoms with Crippen molar-refractivity contribution in [2.75, 3.05) is 12.4 Å². The summed E-state index contributed by atoms with van der Waals surface area (Å²) in [7, 11) is 1.35. The first-order chi connectivity index (χ1) is 16.0. The molecule has 0 saturated carbocycles. The topological polar surface area (TPSA) is 68.3 Å². The van der Waals surface area contributed by atoms with E-state index in [0.29, 0.717) is 17.7 Å². The number of carbonyl (C=O) groups excluding carboxylic acids is 2. The van der Waals surface area contributed by atoms with Crippen LogP contribution in [-0.4, -0.2) is 24.0 Å². The molecule has 0 spiro atoms. The summed E-state index contributed by atoms with van der Waals surface area (Å²) in [5.74, 6) is -0.432. The summed E-state index contributed by atoms with van der Waals surface area (Å²) < 4.78 is 4.87. The van der Waals surface area contributed by atoms with E-state index in [9.17, 15) is 9.59 Å². The molecule has 0 fully saturated rings. The highest BCUT2D eigenvalue weighted by Crippen LogP contribution is 2.31. The van der Waals surface area contributed by atoms with E-state index in [1.165, 1.54) is 7.11 Å². The summed E-state index contributed by atoms with van der Waals surface area (Å²) >= 11 is 0. The van der Waals surface area contributed by atoms with E-state index in [1.54, 1.807) is 12.1 Å². The van der Waals surface area contributed by atoms with Gasteiger partial charge in [0.25, 0.3) is 0 Å². The number of nitrogens with one attached hydrogen (secondary N) is 1. The molecule has 3 aromatic rings. The number of hydrogen-bond acceptors (Lipinski definition) is 4. The van der Waals surface area contributed by atoms with Crippen LogP contribution in [0.2, 0.25) is 0 Å². The predicted octanol–water partition coefficient (Wildman–Crippen LogP) is 6.54. The normalized spacial score (nSPS) is 11.6. The van der Waals surface area contributed by atoms with Gasteiger partial charge in [0.1, 0.15) is 0 Å². The van der Waals surface area contributed by atoms with Gasteiger partial charge in [-0.2, -0.15) is 0 Å². The zero-order valence-corrected chi connectivity index (χ0v) is 19.6. The number of pyridine rings is 1. The lowest BCUT2D eigenvalue weighted by Crippen LogP contribution is -2.17. The van der Waals surface area contributed by atoms with E-state index in [2.05, 4.69) is 23.3 Å². The second kappa shape index (κ2) is 12.0. The minimum Gasteiger partial charge on any atom is -0.465 e. The third-order valence-electron chi connectivity index (χ3n) is 5.79. The first-order valence-electron chi connectivity index (χ1n) is 11.5. The summed E-state index contributed by atoms with van der Waals surface area (Å²) in [6.45, 7) is 4.14. The molecular formula is C28H32N2O3. The summed E-state index contributed by atoms with van der Waals surface area (Å²) in [5.41, 5.74) is 4.86. The number of unbranched alkanes of at least 4 members (excludes halogenated alkanes) is 2. The van der Waals surface area contributed by atoms with Crippen LogP contribution in [0.25, 0.3) is 11.1 Å². The van der Waals surface area contributed by atoms with Crippen molar-refractivity contribution in [2.45, 2.75) is 51.9 Å². The lowest BCUT2D eigenvalue weighted by Gasteiger charge is -2.18. The molecule has 1 amide bonds. The zero-order chi connectivity index (χ0) is 23.6. The number of aromatic nitrogens is 1. The number of rotatable bonds is 10. The fourth-order valence-electron chi connectivity index (χ4n) is 3.94. The second-order valence-electron chi connectivity index (χ2n) is 8.30. The van der Waals surface area contributed by atoms with E-state index >= 15 is 0 Å². The van der Waals surface area contributed by atoms with E-state index < -0.39 is 5.97 Å². The van der Waals surface area contributed by atoms with Crippen LogP contribution in [-0.2, 0) is 9.53 Å². The van der Waals surface area contributed by atoms with Crippen molar-refractivity contribution in [1.29, 1.82) is 0 Å². The van der Waals surface area contributed by atoms with Crippen LogP contribution < -0.4 is 5.32 Å². The smallest absolute Gasteiger partial charge is 0.337 e. The zero-order valence-electron chi connectivity index (χ0n) is 19.6. The molecule has 0 aliphatic heterocycles. The molecule has 172 valence electrons. The Bertz CT molecular complexity index is 1060. The SMILES string of the molecule is CCCCCC(CC(=O)Nc1cc(C(=O)OC)ccc1-c1ccccc1)c1ccc(C)nc1. The van der Waals surface area contributed by atoms with Crippen molar-refractivity contribution in [3.05, 3.63) is 83.7 Å². The van der Waals surface area contributed by atoms with Crippen molar-refractivity contribution in [1.82, 2.24) is 4.98 Å². The molecular weight excluding hydrogens is 412 g/mol. The molecule has 33 heavy (non-hydrogen) atoms. The summed E-state index contributed by atoms with van der Waals surface area (Å²) in [6.07, 6.45) is 6.50. The minimum absolute atomic E-state index is 0.0868. The van der Waals surface area contributed by atoms with Gasteiger partial charge in [0.05, 0.1) is 12.7 Å². The number of benzene rings is 2. The average molecular weight is 445 g/mol. The Morgan fingerprint density at radius 3 is 2.48 bits per heavy atom. The van der Waals surface area contributed by atoms with Gasteiger partial charge in [-0.25, -0.2) is 4.79 Å². The number of ether oxygens (including phenoxy) is 1. The van der Waals surface area contributed by atoms with E-state index in [4.69, 9.17) is 4.74 Å². The Morgan fingerprint density at radius 2 is 1.82 bits per heavy atom. The van der Waals surface area contributed by atoms with Crippen LogP contribution in [0.1, 0.15) is 66.6 Å². The Kier molecular flexibility index (Phi) is 8.76. The number of esters is 1. The average Bonchev–Trinajstić information content (AvgIpc) is 2.84. The number of amides is 1. The number of hydrogen-bond donors (Lipinski definition) is 1. The third-order valence-corrected chi connectivity index (χ3v) is 5.79. The molecule has 1 heterocycles. The predicted molar refractivity (Wildman–Crippen MR) is 132 cm³/mol. The first-order valence-corrected chi connectivity index (χ1v) is 11.5. The fourth-order valence-corrected chi connectivity index (χ4v) is 3.94. The molecule has 3 rings (SSSR count). The number of aryl methyl sites for hydroxylation is 1. The highest BCUT2D eigenvalue weighted by atomic mass is 16.5. The first kappa shape index (κ1) is 24.2. The van der Waals surface area contributed by atoms with Gasteiger partial charge in [-0.3, -0.25) is 9.78 Å². The highest BCUT2D eigenvalue weighted by Gasteiger charge is 2.19. The molecule has 0 aliphatic carbocycles. The van der Waals surface area contributed by atoms with Crippen LogP contribution in [0.3, 0.4) is 0 Å². The van der Waals surface area contributed by atoms with Crippen molar-refractivity contribution in [3.8, 4) is 11.1 Å². The molecule has 1 N–H and O–H groups in total. The van der Waals surface area contributed by atoms with Gasteiger partial charge in [-0.15, -0.1) is 0 Å². The van der Waals surface area contributed by atoms with Gasteiger partial charge in [0.2, 0.25) is 5.91 Å². The van der Waals surface area contributed by atoms with Crippen LogP contribution in [0, 0.1) is 6.92 Å². The number of carbonyl (C=O) groups is 2. The van der Waals surface area contributed by atoms with E-state index in [1.807, 2.05) is 55.6 Å². The van der Waals surface area contributed by atoms with Crippen molar-refractivity contribution >= 4 is 17.6 Å². The lowest BCUT2D eigenvalue weighted by molar-refractivity contribution is -0.116. The summed E-state index contributed by atoms with van der Waals surface area (Å²) in [5, 5.41) is 3.06. The van der Waals surface area contributed by atoms with E-state index in [-0.39, 0.29) is 11.8 Å². The van der Waals surface area contributed by atoms with Gasteiger partial charge in [0, 0.05) is 29.6 Å². The monoisotopic (exact) mass is 444 g/mol. The lowest BCUT2D eigenvalue weighted by atomic mass is 9.90. The molecule has 1 unspecified atom stereocenters. The Hall–Kier alpha value is -3.47. The van der Waals surface area contributed by atoms with Gasteiger partial charge < -0.3 is 10.1 Å². The Labute approximate surface area is 196 Å². The quantitative estimate of drug-likeness (QED) is 0.285. The maximum absolute atomic E-state index is 13.2.